The molecule has 0 radical (unpaired) electrons. The lowest BCUT2D eigenvalue weighted by Crippen LogP contribution is -2.38. The number of benzene rings is 1. The molecule has 0 atom stereocenters. The largest absolute Gasteiger partial charge is 0.402 e. The van der Waals surface area contributed by atoms with Gasteiger partial charge >= 0.3 is 6.18 Å². The summed E-state index contributed by atoms with van der Waals surface area (Å²) in [6.45, 7) is -0.670. The molecule has 126 valence electrons. The maximum atomic E-state index is 13.1. The van der Waals surface area contributed by atoms with Gasteiger partial charge < -0.3 is 0 Å². The molecule has 0 saturated heterocycles. The van der Waals surface area contributed by atoms with Crippen LogP contribution in [0.2, 0.25) is 0 Å². The summed E-state index contributed by atoms with van der Waals surface area (Å²) in [6.07, 6.45) is -4.68. The van der Waals surface area contributed by atoms with E-state index < -0.39 is 35.1 Å². The molecule has 0 spiro atoms. The molecule has 23 heavy (non-hydrogen) atoms. The predicted octanol–water partition coefficient (Wildman–Crippen LogP) is 3.95. The van der Waals surface area contributed by atoms with E-state index in [9.17, 15) is 26.0 Å². The molecule has 1 aromatic carbocycles. The van der Waals surface area contributed by atoms with Crippen LogP contribution >= 0.6 is 11.3 Å². The molecule has 0 aliphatic carbocycles. The SMILES string of the molecule is Cc1cc(F)ccc1S(=O)(=O)N(Cc1ccsc1)CC(F)(F)F. The van der Waals surface area contributed by atoms with Crippen molar-refractivity contribution in [3.63, 3.8) is 0 Å². The molecule has 2 rings (SSSR count). The number of rotatable bonds is 5. The fourth-order valence-electron chi connectivity index (χ4n) is 2.05. The van der Waals surface area contributed by atoms with Crippen molar-refractivity contribution in [2.75, 3.05) is 6.54 Å². The summed E-state index contributed by atoms with van der Waals surface area (Å²) >= 11 is 1.26. The van der Waals surface area contributed by atoms with E-state index in [-0.39, 0.29) is 10.5 Å². The van der Waals surface area contributed by atoms with E-state index in [1.54, 1.807) is 16.8 Å². The van der Waals surface area contributed by atoms with Crippen LogP contribution in [0.5, 0.6) is 0 Å². The summed E-state index contributed by atoms with van der Waals surface area (Å²) in [5.41, 5.74) is 0.519. The highest BCUT2D eigenvalue weighted by atomic mass is 32.2. The van der Waals surface area contributed by atoms with Gasteiger partial charge in [-0.2, -0.15) is 28.8 Å². The topological polar surface area (TPSA) is 37.4 Å². The highest BCUT2D eigenvalue weighted by Crippen LogP contribution is 2.27. The average molecular weight is 367 g/mol. The van der Waals surface area contributed by atoms with Gasteiger partial charge in [-0.25, -0.2) is 12.8 Å². The van der Waals surface area contributed by atoms with Crippen molar-refractivity contribution in [2.45, 2.75) is 24.5 Å². The molecule has 3 nitrogen and oxygen atoms in total. The molecule has 1 heterocycles. The molecule has 0 fully saturated rings. The third-order valence-electron chi connectivity index (χ3n) is 3.05. The Hall–Kier alpha value is -1.45. The molecule has 0 aliphatic rings. The highest BCUT2D eigenvalue weighted by molar-refractivity contribution is 7.89. The van der Waals surface area contributed by atoms with Crippen LogP contribution in [0.1, 0.15) is 11.1 Å². The van der Waals surface area contributed by atoms with E-state index in [0.717, 1.165) is 18.2 Å². The second kappa shape index (κ2) is 6.58. The Morgan fingerprint density at radius 1 is 1.22 bits per heavy atom. The average Bonchev–Trinajstić information content (AvgIpc) is 2.88. The molecule has 0 bridgehead atoms. The van der Waals surface area contributed by atoms with Crippen LogP contribution in [-0.4, -0.2) is 25.4 Å². The number of hydrogen-bond acceptors (Lipinski definition) is 3. The summed E-state index contributed by atoms with van der Waals surface area (Å²) in [5.74, 6) is -0.651. The van der Waals surface area contributed by atoms with Crippen molar-refractivity contribution < 1.29 is 26.0 Å². The van der Waals surface area contributed by atoms with Gasteiger partial charge in [0.25, 0.3) is 0 Å². The second-order valence-electron chi connectivity index (χ2n) is 4.93. The van der Waals surface area contributed by atoms with Crippen LogP contribution in [0, 0.1) is 12.7 Å². The first-order valence-electron chi connectivity index (χ1n) is 6.44. The monoisotopic (exact) mass is 367 g/mol. The number of halogens is 4. The number of sulfonamides is 1. The third-order valence-corrected chi connectivity index (χ3v) is 5.73. The fourth-order valence-corrected chi connectivity index (χ4v) is 4.33. The summed E-state index contributed by atoms with van der Waals surface area (Å²) in [7, 11) is -4.41. The number of hydrogen-bond donors (Lipinski definition) is 0. The standard InChI is InChI=1S/C14H13F4NO2S2/c1-10-6-12(15)2-3-13(10)23(20,21)19(9-14(16,17)18)7-11-4-5-22-8-11/h2-6,8H,7,9H2,1H3. The van der Waals surface area contributed by atoms with Crippen molar-refractivity contribution in [1.29, 1.82) is 0 Å². The number of thiophene rings is 1. The van der Waals surface area contributed by atoms with E-state index in [0.29, 0.717) is 9.87 Å². The first kappa shape index (κ1) is 17.9. The van der Waals surface area contributed by atoms with Crippen molar-refractivity contribution >= 4 is 21.4 Å². The number of alkyl halides is 3. The Bertz CT molecular complexity index is 771. The van der Waals surface area contributed by atoms with Crippen LogP contribution in [0.25, 0.3) is 0 Å². The zero-order valence-electron chi connectivity index (χ0n) is 12.0. The van der Waals surface area contributed by atoms with Crippen LogP contribution in [0.15, 0.2) is 39.9 Å². The molecular formula is C14H13F4NO2S2. The van der Waals surface area contributed by atoms with Gasteiger partial charge in [0, 0.05) is 6.54 Å². The number of nitrogens with zero attached hydrogens (tertiary/aromatic N) is 1. The normalized spacial score (nSPS) is 12.8. The summed E-state index contributed by atoms with van der Waals surface area (Å²) in [6, 6.07) is 4.43. The Morgan fingerprint density at radius 2 is 1.91 bits per heavy atom. The Kier molecular flexibility index (Phi) is 5.12. The lowest BCUT2D eigenvalue weighted by molar-refractivity contribution is -0.136. The van der Waals surface area contributed by atoms with Crippen LogP contribution < -0.4 is 0 Å². The van der Waals surface area contributed by atoms with Crippen molar-refractivity contribution in [3.8, 4) is 0 Å². The second-order valence-corrected chi connectivity index (χ2v) is 7.62. The Balaban J connectivity index is 2.43. The van der Waals surface area contributed by atoms with Gasteiger partial charge in [-0.3, -0.25) is 0 Å². The predicted molar refractivity (Wildman–Crippen MR) is 79.1 cm³/mol. The summed E-state index contributed by atoms with van der Waals surface area (Å²) < 4.78 is 77.0. The summed E-state index contributed by atoms with van der Waals surface area (Å²) in [5, 5.41) is 3.23. The van der Waals surface area contributed by atoms with Crippen molar-refractivity contribution in [3.05, 3.63) is 52.0 Å². The van der Waals surface area contributed by atoms with Gasteiger partial charge in [0.15, 0.2) is 0 Å². The zero-order chi connectivity index (χ0) is 17.3. The van der Waals surface area contributed by atoms with Gasteiger partial charge in [0.05, 0.1) is 4.90 Å². The van der Waals surface area contributed by atoms with Crippen molar-refractivity contribution in [2.24, 2.45) is 0 Å². The van der Waals surface area contributed by atoms with E-state index in [4.69, 9.17) is 0 Å². The van der Waals surface area contributed by atoms with Gasteiger partial charge in [-0.05, 0) is 53.1 Å². The van der Waals surface area contributed by atoms with Gasteiger partial charge in [-0.1, -0.05) is 0 Å². The first-order valence-corrected chi connectivity index (χ1v) is 8.82. The minimum atomic E-state index is -4.68. The van der Waals surface area contributed by atoms with Crippen LogP contribution in [-0.2, 0) is 16.6 Å². The summed E-state index contributed by atoms with van der Waals surface area (Å²) in [4.78, 5) is -0.335. The van der Waals surface area contributed by atoms with Crippen LogP contribution in [0.3, 0.4) is 0 Å². The molecule has 1 aromatic heterocycles. The number of aryl methyl sites for hydroxylation is 1. The van der Waals surface area contributed by atoms with Gasteiger partial charge in [0.2, 0.25) is 10.0 Å². The lowest BCUT2D eigenvalue weighted by Gasteiger charge is -2.24. The van der Waals surface area contributed by atoms with E-state index >= 15 is 0 Å². The van der Waals surface area contributed by atoms with E-state index in [1.165, 1.54) is 18.3 Å². The first-order chi connectivity index (χ1) is 10.6. The molecule has 0 amide bonds. The lowest BCUT2D eigenvalue weighted by atomic mass is 10.2. The molecule has 0 aliphatic heterocycles. The fraction of sp³-hybridized carbons (Fsp3) is 0.286. The highest BCUT2D eigenvalue weighted by Gasteiger charge is 2.37. The Morgan fingerprint density at radius 3 is 2.43 bits per heavy atom. The molecule has 2 aromatic rings. The minimum Gasteiger partial charge on any atom is -0.207 e. The van der Waals surface area contributed by atoms with E-state index in [1.807, 2.05) is 0 Å². The zero-order valence-corrected chi connectivity index (χ0v) is 13.6. The molecule has 0 N–H and O–H groups in total. The minimum absolute atomic E-state index is 0.0579. The Labute approximate surface area is 135 Å². The third kappa shape index (κ3) is 4.52. The van der Waals surface area contributed by atoms with Crippen molar-refractivity contribution in [1.82, 2.24) is 4.31 Å². The van der Waals surface area contributed by atoms with Gasteiger partial charge in [0.1, 0.15) is 12.4 Å². The van der Waals surface area contributed by atoms with Crippen LogP contribution in [0.4, 0.5) is 17.6 Å². The maximum absolute atomic E-state index is 13.1. The van der Waals surface area contributed by atoms with E-state index in [2.05, 4.69) is 0 Å². The molecule has 9 heteroatoms. The molecule has 0 unspecified atom stereocenters. The maximum Gasteiger partial charge on any atom is 0.402 e. The molecule has 0 saturated carbocycles. The van der Waals surface area contributed by atoms with Gasteiger partial charge in [-0.15, -0.1) is 0 Å². The smallest absolute Gasteiger partial charge is 0.207 e. The quantitative estimate of drug-likeness (QED) is 0.751. The molecular weight excluding hydrogens is 354 g/mol.